The highest BCUT2D eigenvalue weighted by Gasteiger charge is 2.10. The van der Waals surface area contributed by atoms with Crippen LogP contribution in [0.1, 0.15) is 19.4 Å². The van der Waals surface area contributed by atoms with Crippen molar-refractivity contribution in [2.45, 2.75) is 20.4 Å². The van der Waals surface area contributed by atoms with Gasteiger partial charge in [-0.15, -0.1) is 0 Å². The first-order valence-electron chi connectivity index (χ1n) is 5.97. The number of rotatable bonds is 7. The normalized spacial score (nSPS) is 11.0. The first-order chi connectivity index (χ1) is 8.54. The third kappa shape index (κ3) is 5.02. The molecule has 0 heterocycles. The van der Waals surface area contributed by atoms with Crippen molar-refractivity contribution in [3.63, 3.8) is 0 Å². The summed E-state index contributed by atoms with van der Waals surface area (Å²) < 4.78 is 5.45. The summed E-state index contributed by atoms with van der Waals surface area (Å²) in [5.74, 6) is 1.16. The SMILES string of the molecule is CC(C)CNCc1cc(Cl)cc(Cl)c1OCCO. The summed E-state index contributed by atoms with van der Waals surface area (Å²) in [5.41, 5.74) is 0.904. The number of hydrogen-bond donors (Lipinski definition) is 2. The van der Waals surface area contributed by atoms with Gasteiger partial charge in [0.2, 0.25) is 0 Å². The molecule has 0 aromatic heterocycles. The Morgan fingerprint density at radius 2 is 2.06 bits per heavy atom. The lowest BCUT2D eigenvalue weighted by molar-refractivity contribution is 0.200. The quantitative estimate of drug-likeness (QED) is 0.811. The highest BCUT2D eigenvalue weighted by Crippen LogP contribution is 2.32. The molecule has 0 atom stereocenters. The molecule has 2 N–H and O–H groups in total. The highest BCUT2D eigenvalue weighted by molar-refractivity contribution is 6.35. The fraction of sp³-hybridized carbons (Fsp3) is 0.538. The number of hydrogen-bond acceptors (Lipinski definition) is 3. The Bertz CT molecular complexity index is 383. The number of ether oxygens (including phenoxy) is 1. The molecule has 0 saturated carbocycles. The summed E-state index contributed by atoms with van der Waals surface area (Å²) in [6.45, 7) is 6.00. The first kappa shape index (κ1) is 15.6. The lowest BCUT2D eigenvalue weighted by atomic mass is 10.1. The second-order valence-electron chi connectivity index (χ2n) is 4.47. The van der Waals surface area contributed by atoms with Gasteiger partial charge in [0.25, 0.3) is 0 Å². The number of benzene rings is 1. The molecule has 1 aromatic rings. The van der Waals surface area contributed by atoms with Crippen LogP contribution in [0.5, 0.6) is 5.75 Å². The van der Waals surface area contributed by atoms with Gasteiger partial charge in [-0.2, -0.15) is 0 Å². The zero-order chi connectivity index (χ0) is 13.5. The van der Waals surface area contributed by atoms with Gasteiger partial charge >= 0.3 is 0 Å². The molecule has 1 aromatic carbocycles. The Morgan fingerprint density at radius 3 is 2.67 bits per heavy atom. The number of halogens is 2. The van der Waals surface area contributed by atoms with E-state index in [1.165, 1.54) is 0 Å². The standard InChI is InChI=1S/C13H19Cl2NO2/c1-9(2)7-16-8-10-5-11(14)6-12(15)13(10)18-4-3-17/h5-6,9,16-17H,3-4,7-8H2,1-2H3. The van der Waals surface area contributed by atoms with Gasteiger partial charge in [-0.05, 0) is 24.6 Å². The van der Waals surface area contributed by atoms with Gasteiger partial charge in [0.15, 0.2) is 0 Å². The minimum Gasteiger partial charge on any atom is -0.489 e. The molecule has 5 heteroatoms. The molecule has 1 rings (SSSR count). The average molecular weight is 292 g/mol. The van der Waals surface area contributed by atoms with Crippen LogP contribution in [-0.4, -0.2) is 24.9 Å². The third-order valence-corrected chi connectivity index (χ3v) is 2.79. The van der Waals surface area contributed by atoms with Crippen molar-refractivity contribution >= 4 is 23.2 Å². The van der Waals surface area contributed by atoms with Crippen LogP contribution in [-0.2, 0) is 6.54 Å². The van der Waals surface area contributed by atoms with E-state index in [1.54, 1.807) is 6.07 Å². The Labute approximate surface area is 118 Å². The van der Waals surface area contributed by atoms with E-state index in [0.717, 1.165) is 12.1 Å². The van der Waals surface area contributed by atoms with Crippen LogP contribution in [0.3, 0.4) is 0 Å². The van der Waals surface area contributed by atoms with Crippen LogP contribution in [0.2, 0.25) is 10.0 Å². The molecule has 0 saturated heterocycles. The van der Waals surface area contributed by atoms with Crippen LogP contribution in [0.4, 0.5) is 0 Å². The predicted octanol–water partition coefficient (Wildman–Crippen LogP) is 3.11. The molecule has 0 aliphatic heterocycles. The van der Waals surface area contributed by atoms with Crippen LogP contribution in [0, 0.1) is 5.92 Å². The molecule has 0 bridgehead atoms. The van der Waals surface area contributed by atoms with Gasteiger partial charge in [0, 0.05) is 17.1 Å². The monoisotopic (exact) mass is 291 g/mol. The van der Waals surface area contributed by atoms with Crippen molar-refractivity contribution < 1.29 is 9.84 Å². The van der Waals surface area contributed by atoms with Crippen molar-refractivity contribution in [3.05, 3.63) is 27.7 Å². The van der Waals surface area contributed by atoms with E-state index in [2.05, 4.69) is 19.2 Å². The van der Waals surface area contributed by atoms with E-state index in [1.807, 2.05) is 6.07 Å². The summed E-state index contributed by atoms with van der Waals surface area (Å²) in [7, 11) is 0. The smallest absolute Gasteiger partial charge is 0.142 e. The lowest BCUT2D eigenvalue weighted by Gasteiger charge is -2.14. The minimum atomic E-state index is -0.0438. The maximum absolute atomic E-state index is 8.80. The second-order valence-corrected chi connectivity index (χ2v) is 5.32. The summed E-state index contributed by atoms with van der Waals surface area (Å²) >= 11 is 12.1. The zero-order valence-corrected chi connectivity index (χ0v) is 12.2. The van der Waals surface area contributed by atoms with Gasteiger partial charge in [-0.1, -0.05) is 37.0 Å². The third-order valence-electron chi connectivity index (χ3n) is 2.29. The number of aliphatic hydroxyl groups is 1. The van der Waals surface area contributed by atoms with E-state index in [9.17, 15) is 0 Å². The van der Waals surface area contributed by atoms with E-state index < -0.39 is 0 Å². The molecule has 0 amide bonds. The Balaban J connectivity index is 2.78. The molecule has 3 nitrogen and oxygen atoms in total. The topological polar surface area (TPSA) is 41.5 Å². The molecule has 0 spiro atoms. The van der Waals surface area contributed by atoms with Crippen molar-refractivity contribution in [2.75, 3.05) is 19.8 Å². The van der Waals surface area contributed by atoms with Gasteiger partial charge in [0.1, 0.15) is 12.4 Å². The fourth-order valence-corrected chi connectivity index (χ4v) is 2.14. The van der Waals surface area contributed by atoms with E-state index >= 15 is 0 Å². The molecule has 0 fully saturated rings. The minimum absolute atomic E-state index is 0.0438. The van der Waals surface area contributed by atoms with E-state index in [-0.39, 0.29) is 13.2 Å². The van der Waals surface area contributed by atoms with Crippen LogP contribution < -0.4 is 10.1 Å². The van der Waals surface area contributed by atoms with Gasteiger partial charge < -0.3 is 15.2 Å². The lowest BCUT2D eigenvalue weighted by Crippen LogP contribution is -2.19. The molecule has 0 aliphatic rings. The number of aliphatic hydroxyl groups excluding tert-OH is 1. The molecule has 0 radical (unpaired) electrons. The Hall–Kier alpha value is -0.480. The Kier molecular flexibility index (Phi) is 6.79. The molecule has 18 heavy (non-hydrogen) atoms. The van der Waals surface area contributed by atoms with Crippen molar-refractivity contribution in [2.24, 2.45) is 5.92 Å². The van der Waals surface area contributed by atoms with Gasteiger partial charge in [0.05, 0.1) is 11.6 Å². The maximum atomic E-state index is 8.80. The van der Waals surface area contributed by atoms with E-state index in [4.69, 9.17) is 33.0 Å². The summed E-state index contributed by atoms with van der Waals surface area (Å²) in [5, 5.41) is 13.2. The van der Waals surface area contributed by atoms with Crippen molar-refractivity contribution in [3.8, 4) is 5.75 Å². The van der Waals surface area contributed by atoms with Crippen molar-refractivity contribution in [1.29, 1.82) is 0 Å². The molecular weight excluding hydrogens is 273 g/mol. The van der Waals surface area contributed by atoms with Gasteiger partial charge in [-0.25, -0.2) is 0 Å². The van der Waals surface area contributed by atoms with Crippen LogP contribution in [0.15, 0.2) is 12.1 Å². The summed E-state index contributed by atoms with van der Waals surface area (Å²) in [6.07, 6.45) is 0. The molecule has 0 aliphatic carbocycles. The first-order valence-corrected chi connectivity index (χ1v) is 6.72. The molecular formula is C13H19Cl2NO2. The summed E-state index contributed by atoms with van der Waals surface area (Å²) in [4.78, 5) is 0. The zero-order valence-electron chi connectivity index (χ0n) is 10.7. The Morgan fingerprint density at radius 1 is 1.33 bits per heavy atom. The van der Waals surface area contributed by atoms with Crippen molar-refractivity contribution in [1.82, 2.24) is 5.32 Å². The summed E-state index contributed by atoms with van der Waals surface area (Å²) in [6, 6.07) is 3.47. The largest absolute Gasteiger partial charge is 0.489 e. The fourth-order valence-electron chi connectivity index (χ4n) is 1.55. The predicted molar refractivity (Wildman–Crippen MR) is 75.6 cm³/mol. The molecule has 102 valence electrons. The van der Waals surface area contributed by atoms with Crippen LogP contribution >= 0.6 is 23.2 Å². The second kappa shape index (κ2) is 7.85. The maximum Gasteiger partial charge on any atom is 0.142 e. The number of nitrogens with one attached hydrogen (secondary N) is 1. The molecule has 0 unspecified atom stereocenters. The van der Waals surface area contributed by atoms with Gasteiger partial charge in [-0.3, -0.25) is 0 Å². The average Bonchev–Trinajstić information content (AvgIpc) is 2.27. The highest BCUT2D eigenvalue weighted by atomic mass is 35.5. The van der Waals surface area contributed by atoms with E-state index in [0.29, 0.717) is 28.3 Å². The van der Waals surface area contributed by atoms with Crippen LogP contribution in [0.25, 0.3) is 0 Å².